The number of nitrogens with one attached hydrogen (secondary N) is 1. The molecule has 0 heterocycles. The normalized spacial score (nSPS) is 23.5. The summed E-state index contributed by atoms with van der Waals surface area (Å²) in [6.07, 6.45) is 6.94. The van der Waals surface area contributed by atoms with Gasteiger partial charge in [-0.05, 0) is 48.9 Å². The zero-order valence-corrected chi connectivity index (χ0v) is 13.1. The summed E-state index contributed by atoms with van der Waals surface area (Å²) in [5, 5.41) is 4.82. The number of hydrogen-bond acceptors (Lipinski definition) is 1. The Bertz CT molecular complexity index is 398. The molecular weight excluding hydrogens is 277 g/mol. The van der Waals surface area contributed by atoms with E-state index < -0.39 is 0 Å². The third kappa shape index (κ3) is 4.66. The molecule has 0 unspecified atom stereocenters. The van der Waals surface area contributed by atoms with E-state index in [2.05, 4.69) is 12.2 Å². The van der Waals surface area contributed by atoms with Crippen molar-refractivity contribution in [2.75, 3.05) is 6.54 Å². The average Bonchev–Trinajstić information content (AvgIpc) is 2.43. The van der Waals surface area contributed by atoms with E-state index in [-0.39, 0.29) is 0 Å². The van der Waals surface area contributed by atoms with E-state index >= 15 is 0 Å². The fourth-order valence-corrected chi connectivity index (χ4v) is 3.23. The molecule has 1 aromatic carbocycles. The Hall–Kier alpha value is -0.240. The Kier molecular flexibility index (Phi) is 6.00. The lowest BCUT2D eigenvalue weighted by molar-refractivity contribution is 0.262. The molecule has 1 fully saturated rings. The maximum atomic E-state index is 6.01. The Morgan fingerprint density at radius 2 is 1.74 bits per heavy atom. The van der Waals surface area contributed by atoms with Crippen molar-refractivity contribution in [1.29, 1.82) is 0 Å². The van der Waals surface area contributed by atoms with Gasteiger partial charge in [0.2, 0.25) is 0 Å². The molecule has 1 aromatic rings. The molecule has 1 aliphatic rings. The smallest absolute Gasteiger partial charge is 0.0595 e. The van der Waals surface area contributed by atoms with Crippen molar-refractivity contribution < 1.29 is 0 Å². The van der Waals surface area contributed by atoms with Crippen molar-refractivity contribution in [3.8, 4) is 0 Å². The van der Waals surface area contributed by atoms with Gasteiger partial charge in [-0.25, -0.2) is 0 Å². The van der Waals surface area contributed by atoms with E-state index in [1.807, 2.05) is 18.2 Å². The van der Waals surface area contributed by atoms with Crippen LogP contribution in [0.3, 0.4) is 0 Å². The van der Waals surface area contributed by atoms with Gasteiger partial charge in [-0.15, -0.1) is 0 Å². The molecule has 0 aromatic heterocycles. The number of halogens is 2. The summed E-state index contributed by atoms with van der Waals surface area (Å²) in [7, 11) is 0. The second-order valence-corrected chi connectivity index (χ2v) is 6.49. The van der Waals surface area contributed by atoms with Crippen LogP contribution in [0.25, 0.3) is 0 Å². The zero-order valence-electron chi connectivity index (χ0n) is 11.6. The molecule has 3 heteroatoms. The maximum Gasteiger partial charge on any atom is 0.0595 e. The third-order valence-corrected chi connectivity index (χ3v) is 5.03. The molecule has 0 saturated heterocycles. The van der Waals surface area contributed by atoms with Crippen LogP contribution < -0.4 is 5.32 Å². The van der Waals surface area contributed by atoms with Crippen LogP contribution >= 0.6 is 23.2 Å². The monoisotopic (exact) mass is 299 g/mol. The predicted molar refractivity (Wildman–Crippen MR) is 83.9 cm³/mol. The van der Waals surface area contributed by atoms with E-state index in [4.69, 9.17) is 23.2 Å². The van der Waals surface area contributed by atoms with Crippen LogP contribution in [-0.2, 0) is 6.54 Å². The van der Waals surface area contributed by atoms with Gasteiger partial charge in [-0.2, -0.15) is 0 Å². The van der Waals surface area contributed by atoms with E-state index in [1.165, 1.54) is 37.7 Å². The van der Waals surface area contributed by atoms with E-state index in [1.54, 1.807) is 0 Å². The molecule has 1 N–H and O–H groups in total. The Morgan fingerprint density at radius 1 is 1.05 bits per heavy atom. The molecule has 1 saturated carbocycles. The molecule has 1 nitrogen and oxygen atoms in total. The lowest BCUT2D eigenvalue weighted by atomic mass is 9.81. The van der Waals surface area contributed by atoms with Crippen molar-refractivity contribution >= 4 is 23.2 Å². The molecule has 0 spiro atoms. The Labute approximate surface area is 126 Å². The quantitative estimate of drug-likeness (QED) is 0.778. The molecular formula is C16H23Cl2N. The van der Waals surface area contributed by atoms with Crippen molar-refractivity contribution in [3.63, 3.8) is 0 Å². The highest BCUT2D eigenvalue weighted by Gasteiger charge is 2.19. The predicted octanol–water partition coefficient (Wildman–Crippen LogP) is 5.30. The van der Waals surface area contributed by atoms with Crippen molar-refractivity contribution in [2.24, 2.45) is 11.8 Å². The molecule has 0 aliphatic heterocycles. The second kappa shape index (κ2) is 7.52. The summed E-state index contributed by atoms with van der Waals surface area (Å²) in [4.78, 5) is 0. The van der Waals surface area contributed by atoms with Gasteiger partial charge in [-0.3, -0.25) is 0 Å². The van der Waals surface area contributed by atoms with Crippen molar-refractivity contribution in [1.82, 2.24) is 5.32 Å². The van der Waals surface area contributed by atoms with Crippen LogP contribution in [0.2, 0.25) is 10.0 Å². The van der Waals surface area contributed by atoms with Crippen LogP contribution in [0, 0.1) is 11.8 Å². The number of rotatable bonds is 5. The van der Waals surface area contributed by atoms with Gasteiger partial charge in [0.1, 0.15) is 0 Å². The van der Waals surface area contributed by atoms with Crippen LogP contribution in [0.15, 0.2) is 18.2 Å². The fraction of sp³-hybridized carbons (Fsp3) is 0.625. The molecule has 0 amide bonds. The molecule has 106 valence electrons. The van der Waals surface area contributed by atoms with Gasteiger partial charge in [-0.1, -0.05) is 55.5 Å². The van der Waals surface area contributed by atoms with Gasteiger partial charge >= 0.3 is 0 Å². The van der Waals surface area contributed by atoms with Gasteiger partial charge in [0.15, 0.2) is 0 Å². The SMILES string of the molecule is CCC1CCC(CNCc2ccc(Cl)c(Cl)c2)CC1. The molecule has 19 heavy (non-hydrogen) atoms. The maximum absolute atomic E-state index is 6.01. The minimum atomic E-state index is 0.628. The van der Waals surface area contributed by atoms with Crippen LogP contribution in [0.5, 0.6) is 0 Å². The highest BCUT2D eigenvalue weighted by Crippen LogP contribution is 2.30. The first-order valence-electron chi connectivity index (χ1n) is 7.33. The van der Waals surface area contributed by atoms with Crippen LogP contribution in [0.1, 0.15) is 44.6 Å². The largest absolute Gasteiger partial charge is 0.312 e. The standard InChI is InChI=1S/C16H23Cl2N/c1-2-12-3-5-13(6-4-12)10-19-11-14-7-8-15(17)16(18)9-14/h7-9,12-13,19H,2-6,10-11H2,1H3. The van der Waals surface area contributed by atoms with Gasteiger partial charge in [0.25, 0.3) is 0 Å². The number of benzene rings is 1. The summed E-state index contributed by atoms with van der Waals surface area (Å²) >= 11 is 11.9. The number of hydrogen-bond donors (Lipinski definition) is 1. The molecule has 0 bridgehead atoms. The summed E-state index contributed by atoms with van der Waals surface area (Å²) < 4.78 is 0. The summed E-state index contributed by atoms with van der Waals surface area (Å²) in [5.74, 6) is 1.83. The molecule has 2 rings (SSSR count). The first-order chi connectivity index (χ1) is 9.19. The minimum Gasteiger partial charge on any atom is -0.312 e. The van der Waals surface area contributed by atoms with E-state index in [0.29, 0.717) is 10.0 Å². The van der Waals surface area contributed by atoms with Crippen LogP contribution in [0.4, 0.5) is 0 Å². The first kappa shape index (κ1) is 15.2. The minimum absolute atomic E-state index is 0.628. The van der Waals surface area contributed by atoms with Gasteiger partial charge in [0.05, 0.1) is 10.0 Å². The summed E-state index contributed by atoms with van der Waals surface area (Å²) in [5.41, 5.74) is 1.21. The average molecular weight is 300 g/mol. The highest BCUT2D eigenvalue weighted by molar-refractivity contribution is 6.42. The molecule has 0 atom stereocenters. The van der Waals surface area contributed by atoms with Crippen molar-refractivity contribution in [3.05, 3.63) is 33.8 Å². The van der Waals surface area contributed by atoms with Gasteiger partial charge < -0.3 is 5.32 Å². The Balaban J connectivity index is 1.70. The molecule has 1 aliphatic carbocycles. The molecule has 0 radical (unpaired) electrons. The van der Waals surface area contributed by atoms with E-state index in [9.17, 15) is 0 Å². The van der Waals surface area contributed by atoms with E-state index in [0.717, 1.165) is 24.9 Å². The second-order valence-electron chi connectivity index (χ2n) is 5.67. The first-order valence-corrected chi connectivity index (χ1v) is 8.09. The zero-order chi connectivity index (χ0) is 13.7. The lowest BCUT2D eigenvalue weighted by Crippen LogP contribution is -2.26. The van der Waals surface area contributed by atoms with Crippen LogP contribution in [-0.4, -0.2) is 6.54 Å². The van der Waals surface area contributed by atoms with Gasteiger partial charge in [0, 0.05) is 6.54 Å². The van der Waals surface area contributed by atoms with Crippen molar-refractivity contribution in [2.45, 2.75) is 45.6 Å². The lowest BCUT2D eigenvalue weighted by Gasteiger charge is -2.27. The third-order valence-electron chi connectivity index (χ3n) is 4.29. The Morgan fingerprint density at radius 3 is 2.37 bits per heavy atom. The summed E-state index contributed by atoms with van der Waals surface area (Å²) in [6, 6.07) is 5.85. The highest BCUT2D eigenvalue weighted by atomic mass is 35.5. The summed E-state index contributed by atoms with van der Waals surface area (Å²) in [6.45, 7) is 4.31. The fourth-order valence-electron chi connectivity index (χ4n) is 2.91. The topological polar surface area (TPSA) is 12.0 Å².